The first-order valence-electron chi connectivity index (χ1n) is 6.38. The van der Waals surface area contributed by atoms with Crippen molar-refractivity contribution in [1.29, 1.82) is 0 Å². The lowest BCUT2D eigenvalue weighted by Crippen LogP contribution is -2.50. The van der Waals surface area contributed by atoms with Gasteiger partial charge in [-0.05, 0) is 20.8 Å². The van der Waals surface area contributed by atoms with Crippen molar-refractivity contribution in [2.75, 3.05) is 21.1 Å². The second-order valence-corrected chi connectivity index (χ2v) is 7.63. The average Bonchev–Trinajstić information content (AvgIpc) is 2.79. The van der Waals surface area contributed by atoms with Gasteiger partial charge < -0.3 is 14.4 Å². The van der Waals surface area contributed by atoms with Crippen LogP contribution in [0.3, 0.4) is 0 Å². The lowest BCUT2D eigenvalue weighted by molar-refractivity contribution is -0.147. The number of hydrogen-bond donors (Lipinski definition) is 1. The molecule has 0 unspecified atom stereocenters. The fourth-order valence-corrected chi connectivity index (χ4v) is 2.41. The number of aliphatic carboxylic acids is 1. The predicted octanol–water partition coefficient (Wildman–Crippen LogP) is 0.774. The Balaban J connectivity index is 3.28. The second-order valence-electron chi connectivity index (χ2n) is 5.55. The van der Waals surface area contributed by atoms with Crippen molar-refractivity contribution in [3.05, 3.63) is 17.4 Å². The number of hydrogen-bond acceptors (Lipinski definition) is 5. The standard InChI is InChI=1S/C13H20N2O6S/c1-8-9(7-10(21-8)22(19,20)14(4)5)11(16)15(6)13(2,3)12(17)18/h7H,1-6H3,(H,17,18). The number of amides is 1. The summed E-state index contributed by atoms with van der Waals surface area (Å²) in [5, 5.41) is 8.80. The van der Waals surface area contributed by atoms with Crippen LogP contribution < -0.4 is 0 Å². The number of sulfonamides is 1. The fraction of sp³-hybridized carbons (Fsp3) is 0.538. The summed E-state index contributed by atoms with van der Waals surface area (Å²) in [6.07, 6.45) is 0. The Kier molecular flexibility index (Phi) is 4.73. The van der Waals surface area contributed by atoms with Crippen LogP contribution in [0.2, 0.25) is 0 Å². The Morgan fingerprint density at radius 1 is 1.23 bits per heavy atom. The highest BCUT2D eigenvalue weighted by Crippen LogP contribution is 2.24. The van der Waals surface area contributed by atoms with Gasteiger partial charge in [-0.25, -0.2) is 17.5 Å². The number of carbonyl (C=O) groups is 2. The molecule has 0 spiro atoms. The van der Waals surface area contributed by atoms with Crippen molar-refractivity contribution >= 4 is 21.9 Å². The maximum atomic E-state index is 12.4. The summed E-state index contributed by atoms with van der Waals surface area (Å²) < 4.78 is 30.1. The largest absolute Gasteiger partial charge is 0.480 e. The second kappa shape index (κ2) is 5.73. The van der Waals surface area contributed by atoms with E-state index in [2.05, 4.69) is 0 Å². The molecule has 1 aromatic heterocycles. The molecule has 22 heavy (non-hydrogen) atoms. The van der Waals surface area contributed by atoms with Gasteiger partial charge in [-0.15, -0.1) is 0 Å². The van der Waals surface area contributed by atoms with Gasteiger partial charge in [-0.3, -0.25) is 4.79 Å². The van der Waals surface area contributed by atoms with Crippen molar-refractivity contribution in [1.82, 2.24) is 9.21 Å². The van der Waals surface area contributed by atoms with Crippen molar-refractivity contribution in [3.63, 3.8) is 0 Å². The molecule has 0 fully saturated rings. The molecule has 0 radical (unpaired) electrons. The van der Waals surface area contributed by atoms with Crippen LogP contribution in [0.4, 0.5) is 0 Å². The van der Waals surface area contributed by atoms with E-state index in [1.807, 2.05) is 0 Å². The van der Waals surface area contributed by atoms with E-state index in [4.69, 9.17) is 9.52 Å². The van der Waals surface area contributed by atoms with Crippen molar-refractivity contribution in [2.24, 2.45) is 0 Å². The van der Waals surface area contributed by atoms with Crippen LogP contribution in [0.5, 0.6) is 0 Å². The summed E-state index contributed by atoms with van der Waals surface area (Å²) in [7, 11) is 0.210. The minimum atomic E-state index is -3.81. The first-order valence-corrected chi connectivity index (χ1v) is 7.82. The molecule has 0 atom stereocenters. The zero-order valence-electron chi connectivity index (χ0n) is 13.4. The zero-order chi connectivity index (χ0) is 17.5. The molecule has 0 aromatic carbocycles. The van der Waals surface area contributed by atoms with Crippen molar-refractivity contribution < 1.29 is 27.5 Å². The maximum Gasteiger partial charge on any atom is 0.329 e. The Labute approximate surface area is 129 Å². The van der Waals surface area contributed by atoms with Gasteiger partial charge in [0.1, 0.15) is 11.3 Å². The third kappa shape index (κ3) is 3.00. The van der Waals surface area contributed by atoms with Crippen LogP contribution in [0.25, 0.3) is 0 Å². The molecule has 0 aliphatic heterocycles. The van der Waals surface area contributed by atoms with Crippen LogP contribution in [0.15, 0.2) is 15.6 Å². The number of nitrogens with zero attached hydrogens (tertiary/aromatic N) is 2. The highest BCUT2D eigenvalue weighted by atomic mass is 32.2. The topological polar surface area (TPSA) is 108 Å². The molecule has 1 N–H and O–H groups in total. The molecule has 1 rings (SSSR count). The lowest BCUT2D eigenvalue weighted by Gasteiger charge is -2.31. The summed E-state index contributed by atoms with van der Waals surface area (Å²) >= 11 is 0. The minimum Gasteiger partial charge on any atom is -0.480 e. The first-order chi connectivity index (χ1) is 9.83. The molecule has 0 aliphatic carbocycles. The van der Waals surface area contributed by atoms with Crippen LogP contribution in [0, 0.1) is 6.92 Å². The third-order valence-electron chi connectivity index (χ3n) is 3.53. The SMILES string of the molecule is Cc1oc(S(=O)(=O)N(C)C)cc1C(=O)N(C)C(C)(C)C(=O)O. The third-order valence-corrected chi connectivity index (χ3v) is 5.20. The zero-order valence-corrected chi connectivity index (χ0v) is 14.2. The molecular formula is C13H20N2O6S. The smallest absolute Gasteiger partial charge is 0.329 e. The van der Waals surface area contributed by atoms with Gasteiger partial charge in [0.15, 0.2) is 0 Å². The number of rotatable bonds is 5. The van der Waals surface area contributed by atoms with Crippen LogP contribution in [-0.2, 0) is 14.8 Å². The summed E-state index contributed by atoms with van der Waals surface area (Å²) in [6, 6.07) is 1.11. The number of aryl methyl sites for hydroxylation is 1. The van der Waals surface area contributed by atoms with Crippen LogP contribution in [-0.4, -0.2) is 61.3 Å². The Bertz CT molecular complexity index is 702. The molecule has 0 saturated heterocycles. The molecule has 124 valence electrons. The molecule has 0 bridgehead atoms. The maximum absolute atomic E-state index is 12.4. The van der Waals surface area contributed by atoms with E-state index in [-0.39, 0.29) is 16.4 Å². The van der Waals surface area contributed by atoms with Crippen molar-refractivity contribution in [3.8, 4) is 0 Å². The van der Waals surface area contributed by atoms with E-state index in [0.717, 1.165) is 15.3 Å². The Morgan fingerprint density at radius 3 is 2.14 bits per heavy atom. The molecule has 1 amide bonds. The van der Waals surface area contributed by atoms with Gasteiger partial charge in [-0.1, -0.05) is 0 Å². The van der Waals surface area contributed by atoms with E-state index >= 15 is 0 Å². The van der Waals surface area contributed by atoms with E-state index in [9.17, 15) is 18.0 Å². The van der Waals surface area contributed by atoms with E-state index in [1.54, 1.807) is 0 Å². The van der Waals surface area contributed by atoms with Crippen LogP contribution >= 0.6 is 0 Å². The van der Waals surface area contributed by atoms with Gasteiger partial charge in [-0.2, -0.15) is 0 Å². The summed E-state index contributed by atoms with van der Waals surface area (Å²) in [5.41, 5.74) is -1.43. The number of likely N-dealkylation sites (N-methyl/N-ethyl adjacent to an activating group) is 1. The van der Waals surface area contributed by atoms with Crippen molar-refractivity contribution in [2.45, 2.75) is 31.4 Å². The number of carboxylic acids is 1. The summed E-state index contributed by atoms with van der Waals surface area (Å²) in [5.74, 6) is -1.70. The first kappa shape index (κ1) is 18.2. The van der Waals surface area contributed by atoms with Crippen LogP contribution in [0.1, 0.15) is 30.0 Å². The number of furan rings is 1. The average molecular weight is 332 g/mol. The molecule has 0 saturated carbocycles. The molecule has 1 aromatic rings. The molecule has 0 aliphatic rings. The van der Waals surface area contributed by atoms with Gasteiger partial charge in [0.2, 0.25) is 5.09 Å². The highest BCUT2D eigenvalue weighted by molar-refractivity contribution is 7.88. The molecular weight excluding hydrogens is 312 g/mol. The lowest BCUT2D eigenvalue weighted by atomic mass is 10.0. The fourth-order valence-electron chi connectivity index (χ4n) is 1.55. The van der Waals surface area contributed by atoms with E-state index in [0.29, 0.717) is 0 Å². The normalized spacial score (nSPS) is 12.5. The highest BCUT2D eigenvalue weighted by Gasteiger charge is 2.37. The number of carboxylic acid groups (broad SMARTS) is 1. The minimum absolute atomic E-state index is 0.0113. The molecule has 9 heteroatoms. The van der Waals surface area contributed by atoms with Gasteiger partial charge in [0.25, 0.3) is 15.9 Å². The monoisotopic (exact) mass is 332 g/mol. The molecule has 8 nitrogen and oxygen atoms in total. The number of carbonyl (C=O) groups excluding carboxylic acids is 1. The van der Waals surface area contributed by atoms with Gasteiger partial charge >= 0.3 is 5.97 Å². The Hall–Kier alpha value is -1.87. The molecule has 1 heterocycles. The summed E-state index contributed by atoms with van der Waals surface area (Å²) in [4.78, 5) is 24.7. The quantitative estimate of drug-likeness (QED) is 0.853. The van der Waals surface area contributed by atoms with E-state index < -0.39 is 27.4 Å². The van der Waals surface area contributed by atoms with Gasteiger partial charge in [0, 0.05) is 27.2 Å². The van der Waals surface area contributed by atoms with E-state index in [1.165, 1.54) is 41.9 Å². The van der Waals surface area contributed by atoms with Gasteiger partial charge in [0.05, 0.1) is 5.56 Å². The summed E-state index contributed by atoms with van der Waals surface area (Å²) in [6.45, 7) is 4.20. The Morgan fingerprint density at radius 2 is 1.73 bits per heavy atom. The predicted molar refractivity (Wildman–Crippen MR) is 78.1 cm³/mol.